The number of methoxy groups -OCH3 is 1. The number of hydrogen-bond acceptors (Lipinski definition) is 15. The minimum absolute atomic E-state index is 0.00323. The van der Waals surface area contributed by atoms with Crippen molar-refractivity contribution in [2.75, 3.05) is 83.1 Å². The lowest BCUT2D eigenvalue weighted by Crippen LogP contribution is -2.62. The van der Waals surface area contributed by atoms with Gasteiger partial charge in [-0.25, -0.2) is 0 Å². The molecular weight excluding hydrogens is 1360 g/mol. The van der Waals surface area contributed by atoms with Gasteiger partial charge in [-0.3, -0.25) is 62.3 Å². The van der Waals surface area contributed by atoms with E-state index in [9.17, 15) is 43.5 Å². The number of rotatable bonds is 20. The maximum atomic E-state index is 15.8. The van der Waals surface area contributed by atoms with E-state index in [2.05, 4.69) is 26.6 Å². The third-order valence-corrected chi connectivity index (χ3v) is 22.3. The predicted octanol–water partition coefficient (Wildman–Crippen LogP) is 4.71. The Labute approximate surface area is 633 Å². The molecule has 0 radical (unpaired) electrons. The molecule has 0 aromatic carbocycles. The standard InChI is InChI=1S/C78H137N13O15/c1-22-58-69(96)81-56(37-46(2)3)74(101)90(20)63(41-50(10)11)77(104)88(18)61(42-52-29-25-23-26-30-52)71(98)80-55(34-32-53-31-33-54(68(95)79-13)64(43-53)106-21)73(100)89(19)62(40-49(8)9)76(103)87(17)60(39-48(6)7)72(99)83-67(51(12)92)78(105)84(14)45-66(94)86(16)59(38-47(4)5)70(97)82-57(44-65(93)85(58)15)75(102)91-35-27-24-28-36-91/h46-64,67,92H,22-45H2,1-21H3,(H,79,95)(H,80,98)(H,81,96)(H,82,97)(H,83,99)/t51-,53?,54?,55-,56+,57+,58+,59+,60+,61+,62+,63+,64?,67+/m1/s1. The van der Waals surface area contributed by atoms with Crippen LogP contribution in [0.2, 0.25) is 0 Å². The number of carbonyl (C=O) groups is 13. The number of piperidine rings is 1. The molecule has 3 unspecified atom stereocenters. The van der Waals surface area contributed by atoms with Crippen molar-refractivity contribution in [2.45, 2.75) is 291 Å². The van der Waals surface area contributed by atoms with Crippen LogP contribution in [0.3, 0.4) is 0 Å². The van der Waals surface area contributed by atoms with Crippen molar-refractivity contribution in [3.63, 3.8) is 0 Å². The van der Waals surface area contributed by atoms with Crippen LogP contribution in [0.5, 0.6) is 0 Å². The van der Waals surface area contributed by atoms with Crippen LogP contribution >= 0.6 is 0 Å². The van der Waals surface area contributed by atoms with Gasteiger partial charge in [0.05, 0.1) is 31.1 Å². The van der Waals surface area contributed by atoms with E-state index < -0.39 is 162 Å². The van der Waals surface area contributed by atoms with Crippen LogP contribution < -0.4 is 26.6 Å². The van der Waals surface area contributed by atoms with Gasteiger partial charge in [0.15, 0.2) is 0 Å². The molecule has 28 nitrogen and oxygen atoms in total. The number of hydrogen-bond donors (Lipinski definition) is 6. The Kier molecular flexibility index (Phi) is 37.3. The van der Waals surface area contributed by atoms with Gasteiger partial charge < -0.3 is 75.6 Å². The van der Waals surface area contributed by atoms with Gasteiger partial charge >= 0.3 is 0 Å². The highest BCUT2D eigenvalue weighted by atomic mass is 16.5. The third-order valence-electron chi connectivity index (χ3n) is 22.3. The Hall–Kier alpha value is -6.97. The normalized spacial score (nSPS) is 28.4. The van der Waals surface area contributed by atoms with Crippen molar-refractivity contribution in [2.24, 2.45) is 47.3 Å². The summed E-state index contributed by atoms with van der Waals surface area (Å²) >= 11 is 0. The van der Waals surface area contributed by atoms with Crippen molar-refractivity contribution >= 4 is 76.8 Å². The third kappa shape index (κ3) is 26.1. The quantitative estimate of drug-likeness (QED) is 0.0961. The Morgan fingerprint density at radius 1 is 0.481 bits per heavy atom. The second-order valence-corrected chi connectivity index (χ2v) is 33.1. The van der Waals surface area contributed by atoms with Crippen molar-refractivity contribution < 1.29 is 72.2 Å². The number of nitrogens with one attached hydrogen (secondary N) is 5. The zero-order chi connectivity index (χ0) is 79.9. The largest absolute Gasteiger partial charge is 0.391 e. The van der Waals surface area contributed by atoms with Crippen LogP contribution in [0.15, 0.2) is 0 Å². The molecule has 2 heterocycles. The minimum Gasteiger partial charge on any atom is -0.391 e. The van der Waals surface area contributed by atoms with Crippen molar-refractivity contribution in [3.8, 4) is 0 Å². The lowest BCUT2D eigenvalue weighted by molar-refractivity contribution is -0.152. The van der Waals surface area contributed by atoms with Gasteiger partial charge in [-0.15, -0.1) is 0 Å². The van der Waals surface area contributed by atoms with E-state index in [1.54, 1.807) is 26.0 Å². The number of aliphatic hydroxyl groups excluding tert-OH is 1. The first kappa shape index (κ1) is 91.4. The molecule has 2 saturated heterocycles. The van der Waals surface area contributed by atoms with Crippen LogP contribution in [0.1, 0.15) is 218 Å². The zero-order valence-corrected chi connectivity index (χ0v) is 68.3. The van der Waals surface area contributed by atoms with Crippen molar-refractivity contribution in [1.29, 1.82) is 0 Å². The summed E-state index contributed by atoms with van der Waals surface area (Å²) in [6.45, 7) is 21.8. The molecule has 6 N–H and O–H groups in total. The molecule has 13 amide bonds. The zero-order valence-electron chi connectivity index (χ0n) is 68.3. The fourth-order valence-corrected chi connectivity index (χ4v) is 15.8. The predicted molar refractivity (Wildman–Crippen MR) is 405 cm³/mol. The summed E-state index contributed by atoms with van der Waals surface area (Å²) in [5, 5.41) is 25.6. The van der Waals surface area contributed by atoms with E-state index in [4.69, 9.17) is 4.74 Å². The second-order valence-electron chi connectivity index (χ2n) is 33.1. The van der Waals surface area contributed by atoms with Gasteiger partial charge in [-0.1, -0.05) is 108 Å². The number of likely N-dealkylation sites (tertiary alicyclic amines) is 1. The number of carbonyl (C=O) groups excluding carboxylic acids is 13. The number of aliphatic hydroxyl groups is 1. The highest BCUT2D eigenvalue weighted by Gasteiger charge is 2.45. The van der Waals surface area contributed by atoms with Gasteiger partial charge in [0.2, 0.25) is 76.8 Å². The molecule has 2 aliphatic heterocycles. The molecule has 604 valence electrons. The summed E-state index contributed by atoms with van der Waals surface area (Å²) in [4.78, 5) is 205. The van der Waals surface area contributed by atoms with Crippen LogP contribution in [-0.4, -0.2) is 277 Å². The molecule has 2 saturated carbocycles. The van der Waals surface area contributed by atoms with E-state index in [0.717, 1.165) is 48.3 Å². The fourth-order valence-electron chi connectivity index (χ4n) is 15.8. The maximum Gasteiger partial charge on any atom is 0.248 e. The average molecular weight is 1500 g/mol. The Balaban J connectivity index is 2.00. The van der Waals surface area contributed by atoms with Crippen LogP contribution in [0.4, 0.5) is 0 Å². The second kappa shape index (κ2) is 43.3. The van der Waals surface area contributed by atoms with E-state index in [0.29, 0.717) is 51.6 Å². The summed E-state index contributed by atoms with van der Waals surface area (Å²) < 4.78 is 5.89. The van der Waals surface area contributed by atoms with Gasteiger partial charge in [0.25, 0.3) is 0 Å². The summed E-state index contributed by atoms with van der Waals surface area (Å²) in [5.74, 6) is -9.77. The van der Waals surface area contributed by atoms with Crippen molar-refractivity contribution in [1.82, 2.24) is 65.8 Å². The lowest BCUT2D eigenvalue weighted by Gasteiger charge is -2.39. The molecule has 14 atom stereocenters. The SMILES string of the molecule is CC[C@H]1C(=O)N[C@@H](CC(C)C)C(=O)N(C)[C@@H](CC(C)C)C(=O)N(C)[C@@H](CC2CCCCC2)C(=O)N[C@H](CCC2CCC(C(=O)NC)C(OC)C2)C(=O)N(C)[C@@H](CC(C)C)C(=O)N(C)[C@@H](CC(C)C)C(=O)N[C@@H]([C@@H](C)O)C(=O)N(C)CC(=O)N(C)[C@@H](CC(C)C)C(=O)N[C@H](C(=O)N2CCCCC2)CC(=O)N1C. The lowest BCUT2D eigenvalue weighted by atomic mass is 9.77. The molecule has 4 rings (SSSR count). The maximum absolute atomic E-state index is 15.8. The van der Waals surface area contributed by atoms with Gasteiger partial charge in [-0.05, 0) is 145 Å². The highest BCUT2D eigenvalue weighted by Crippen LogP contribution is 2.35. The summed E-state index contributed by atoms with van der Waals surface area (Å²) in [7, 11) is 13.2. The van der Waals surface area contributed by atoms with E-state index in [-0.39, 0.29) is 98.7 Å². The summed E-state index contributed by atoms with van der Waals surface area (Å²) in [5.41, 5.74) is 0. The van der Waals surface area contributed by atoms with E-state index >= 15 is 24.0 Å². The van der Waals surface area contributed by atoms with Gasteiger partial charge in [-0.2, -0.15) is 0 Å². The Morgan fingerprint density at radius 3 is 1.42 bits per heavy atom. The van der Waals surface area contributed by atoms with E-state index in [1.165, 1.54) is 80.8 Å². The molecule has 106 heavy (non-hydrogen) atoms. The number of nitrogens with zero attached hydrogens (tertiary/aromatic N) is 8. The van der Waals surface area contributed by atoms with Gasteiger partial charge in [0.1, 0.15) is 60.4 Å². The topological polar surface area (TPSA) is 337 Å². The smallest absolute Gasteiger partial charge is 0.248 e. The molecule has 4 fully saturated rings. The number of likely N-dealkylation sites (N-methyl/N-ethyl adjacent to an activating group) is 7. The molecule has 0 bridgehead atoms. The van der Waals surface area contributed by atoms with Crippen LogP contribution in [0.25, 0.3) is 0 Å². The fraction of sp³-hybridized carbons (Fsp3) is 0.833. The minimum atomic E-state index is -1.66. The molecular formula is C78H137N13O15. The van der Waals surface area contributed by atoms with Crippen LogP contribution in [-0.2, 0) is 67.1 Å². The first-order valence-corrected chi connectivity index (χ1v) is 39.5. The molecule has 4 aliphatic rings. The number of ether oxygens (including phenoxy) is 1. The summed E-state index contributed by atoms with van der Waals surface area (Å²) in [6, 6.07) is -13.0. The Bertz CT molecular complexity index is 2950. The van der Waals surface area contributed by atoms with E-state index in [1.807, 2.05) is 69.2 Å². The first-order valence-electron chi connectivity index (χ1n) is 39.5. The van der Waals surface area contributed by atoms with Crippen molar-refractivity contribution in [3.05, 3.63) is 0 Å². The molecule has 28 heteroatoms. The Morgan fingerprint density at radius 2 is 0.925 bits per heavy atom. The first-order chi connectivity index (χ1) is 49.7. The molecule has 0 aromatic heterocycles. The summed E-state index contributed by atoms with van der Waals surface area (Å²) in [6.07, 6.45) is 6.85. The number of amides is 13. The van der Waals surface area contributed by atoms with Gasteiger partial charge in [0, 0.05) is 76.6 Å². The average Bonchev–Trinajstić information content (AvgIpc) is 0.815. The molecule has 0 spiro atoms. The van der Waals surface area contributed by atoms with Crippen LogP contribution in [0, 0.1) is 47.3 Å². The highest BCUT2D eigenvalue weighted by molar-refractivity contribution is 6.00. The molecule has 2 aliphatic carbocycles. The monoisotopic (exact) mass is 1500 g/mol. The molecule has 0 aromatic rings.